The molecular weight excluding hydrogens is 242 g/mol. The van der Waals surface area contributed by atoms with Crippen LogP contribution in [-0.4, -0.2) is 23.0 Å². The van der Waals surface area contributed by atoms with Crippen molar-refractivity contribution in [3.05, 3.63) is 35.4 Å². The van der Waals surface area contributed by atoms with Gasteiger partial charge in [0.15, 0.2) is 0 Å². The van der Waals surface area contributed by atoms with Gasteiger partial charge in [-0.3, -0.25) is 4.79 Å². The summed E-state index contributed by atoms with van der Waals surface area (Å²) in [5.41, 5.74) is 1.49. The van der Waals surface area contributed by atoms with Crippen LogP contribution < -0.4 is 5.32 Å². The number of carboxylic acid groups (broad SMARTS) is 1. The van der Waals surface area contributed by atoms with E-state index in [0.29, 0.717) is 12.0 Å². The van der Waals surface area contributed by atoms with Crippen molar-refractivity contribution in [2.75, 3.05) is 0 Å². The van der Waals surface area contributed by atoms with Gasteiger partial charge in [-0.15, -0.1) is 0 Å². The summed E-state index contributed by atoms with van der Waals surface area (Å²) in [5, 5.41) is 11.7. The molecule has 0 aliphatic heterocycles. The number of aryl methyl sites for hydroxylation is 1. The van der Waals surface area contributed by atoms with Gasteiger partial charge in [-0.2, -0.15) is 0 Å². The lowest BCUT2D eigenvalue weighted by molar-refractivity contribution is -0.139. The lowest BCUT2D eigenvalue weighted by Crippen LogP contribution is -2.41. The van der Waals surface area contributed by atoms with E-state index in [1.807, 2.05) is 26.0 Å². The Morgan fingerprint density at radius 2 is 1.95 bits per heavy atom. The molecule has 1 aromatic carbocycles. The van der Waals surface area contributed by atoms with Gasteiger partial charge >= 0.3 is 5.97 Å². The normalized spacial score (nSPS) is 11.9. The summed E-state index contributed by atoms with van der Waals surface area (Å²) in [6.07, 6.45) is 2.90. The van der Waals surface area contributed by atoms with Crippen molar-refractivity contribution in [2.45, 2.75) is 45.6 Å². The van der Waals surface area contributed by atoms with Gasteiger partial charge in [-0.1, -0.05) is 44.9 Å². The first-order valence-corrected chi connectivity index (χ1v) is 6.71. The van der Waals surface area contributed by atoms with Crippen molar-refractivity contribution in [3.63, 3.8) is 0 Å². The molecule has 4 heteroatoms. The van der Waals surface area contributed by atoms with E-state index in [1.54, 1.807) is 12.1 Å². The maximum absolute atomic E-state index is 12.1. The van der Waals surface area contributed by atoms with Gasteiger partial charge in [-0.25, -0.2) is 4.79 Å². The molecule has 1 aromatic rings. The highest BCUT2D eigenvalue weighted by Gasteiger charge is 2.20. The fourth-order valence-corrected chi connectivity index (χ4v) is 1.95. The van der Waals surface area contributed by atoms with Crippen LogP contribution in [0.3, 0.4) is 0 Å². The van der Waals surface area contributed by atoms with Gasteiger partial charge in [0.05, 0.1) is 0 Å². The third-order valence-electron chi connectivity index (χ3n) is 3.09. The Hall–Kier alpha value is -1.84. The maximum Gasteiger partial charge on any atom is 0.326 e. The Bertz CT molecular complexity index is 443. The molecule has 0 bridgehead atoms. The number of nitrogens with one attached hydrogen (secondary N) is 1. The highest BCUT2D eigenvalue weighted by atomic mass is 16.4. The van der Waals surface area contributed by atoms with Crippen LogP contribution in [0.25, 0.3) is 0 Å². The molecule has 0 aliphatic rings. The highest BCUT2D eigenvalue weighted by molar-refractivity contribution is 5.97. The van der Waals surface area contributed by atoms with E-state index in [0.717, 1.165) is 24.8 Å². The van der Waals surface area contributed by atoms with Gasteiger partial charge in [-0.05, 0) is 24.5 Å². The van der Waals surface area contributed by atoms with E-state index < -0.39 is 12.0 Å². The minimum absolute atomic E-state index is 0.305. The number of unbranched alkanes of at least 4 members (excludes halogenated alkanes) is 1. The fraction of sp³-hybridized carbons (Fsp3) is 0.467. The van der Waals surface area contributed by atoms with Gasteiger partial charge in [0.2, 0.25) is 0 Å². The summed E-state index contributed by atoms with van der Waals surface area (Å²) in [7, 11) is 0. The van der Waals surface area contributed by atoms with Crippen molar-refractivity contribution < 1.29 is 14.7 Å². The van der Waals surface area contributed by atoms with E-state index in [2.05, 4.69) is 5.32 Å². The smallest absolute Gasteiger partial charge is 0.326 e. The number of benzene rings is 1. The van der Waals surface area contributed by atoms with Crippen molar-refractivity contribution >= 4 is 11.9 Å². The molecule has 0 fully saturated rings. The zero-order valence-corrected chi connectivity index (χ0v) is 11.5. The predicted octanol–water partition coefficient (Wildman–Crippen LogP) is 2.62. The molecule has 0 aliphatic carbocycles. The quantitative estimate of drug-likeness (QED) is 0.794. The standard InChI is InChI=1S/C15H21NO3/c1-3-5-10-13(15(18)19)16-14(17)12-9-7-6-8-11(12)4-2/h6-9,13H,3-5,10H2,1-2H3,(H,16,17)(H,18,19)/t13-/m0/s1. The first-order chi connectivity index (χ1) is 9.10. The lowest BCUT2D eigenvalue weighted by Gasteiger charge is -2.15. The molecule has 0 spiro atoms. The summed E-state index contributed by atoms with van der Waals surface area (Å²) < 4.78 is 0. The Balaban J connectivity index is 2.78. The summed E-state index contributed by atoms with van der Waals surface area (Å²) in [6, 6.07) is 6.47. The molecule has 0 saturated carbocycles. The van der Waals surface area contributed by atoms with Crippen LogP contribution in [0.1, 0.15) is 49.0 Å². The molecule has 0 radical (unpaired) electrons. The Kier molecular flexibility index (Phi) is 6.06. The first-order valence-electron chi connectivity index (χ1n) is 6.71. The summed E-state index contributed by atoms with van der Waals surface area (Å²) in [5.74, 6) is -1.28. The number of hydrogen-bond donors (Lipinski definition) is 2. The topological polar surface area (TPSA) is 66.4 Å². The zero-order valence-electron chi connectivity index (χ0n) is 11.5. The van der Waals surface area contributed by atoms with Crippen LogP contribution in [0, 0.1) is 0 Å². The SMILES string of the molecule is CCCC[C@H](NC(=O)c1ccccc1CC)C(=O)O. The Morgan fingerprint density at radius 1 is 1.26 bits per heavy atom. The average molecular weight is 263 g/mol. The lowest BCUT2D eigenvalue weighted by atomic mass is 10.0. The van der Waals surface area contributed by atoms with Crippen molar-refractivity contribution in [1.82, 2.24) is 5.32 Å². The maximum atomic E-state index is 12.1. The molecule has 1 rings (SSSR count). The third kappa shape index (κ3) is 4.39. The summed E-state index contributed by atoms with van der Waals surface area (Å²) >= 11 is 0. The number of hydrogen-bond acceptors (Lipinski definition) is 2. The van der Waals surface area contributed by atoms with Crippen LogP contribution in [-0.2, 0) is 11.2 Å². The van der Waals surface area contributed by atoms with Crippen LogP contribution >= 0.6 is 0 Å². The average Bonchev–Trinajstić information content (AvgIpc) is 2.42. The molecule has 1 atom stereocenters. The van der Waals surface area contributed by atoms with Crippen molar-refractivity contribution in [3.8, 4) is 0 Å². The van der Waals surface area contributed by atoms with Crippen LogP contribution in [0.4, 0.5) is 0 Å². The first kappa shape index (κ1) is 15.2. The largest absolute Gasteiger partial charge is 0.480 e. The number of rotatable bonds is 7. The zero-order chi connectivity index (χ0) is 14.3. The van der Waals surface area contributed by atoms with Gasteiger partial charge < -0.3 is 10.4 Å². The van der Waals surface area contributed by atoms with Crippen LogP contribution in [0.2, 0.25) is 0 Å². The number of carboxylic acids is 1. The second-order valence-electron chi connectivity index (χ2n) is 4.52. The van der Waals surface area contributed by atoms with Gasteiger partial charge in [0.25, 0.3) is 5.91 Å². The molecule has 1 amide bonds. The van der Waals surface area contributed by atoms with Crippen LogP contribution in [0.5, 0.6) is 0 Å². The summed E-state index contributed by atoms with van der Waals surface area (Å²) in [4.78, 5) is 23.2. The Labute approximate surface area is 113 Å². The van der Waals surface area contributed by atoms with Crippen molar-refractivity contribution in [1.29, 1.82) is 0 Å². The number of carbonyl (C=O) groups is 2. The minimum Gasteiger partial charge on any atom is -0.480 e. The number of amides is 1. The molecule has 0 aromatic heterocycles. The van der Waals surface area contributed by atoms with Gasteiger partial charge in [0, 0.05) is 5.56 Å². The van der Waals surface area contributed by atoms with Crippen LogP contribution in [0.15, 0.2) is 24.3 Å². The van der Waals surface area contributed by atoms with Crippen molar-refractivity contribution in [2.24, 2.45) is 0 Å². The number of carbonyl (C=O) groups excluding carboxylic acids is 1. The van der Waals surface area contributed by atoms with E-state index in [4.69, 9.17) is 5.11 Å². The fourth-order valence-electron chi connectivity index (χ4n) is 1.95. The predicted molar refractivity (Wildman–Crippen MR) is 74.2 cm³/mol. The summed E-state index contributed by atoms with van der Waals surface area (Å²) in [6.45, 7) is 3.96. The molecule has 2 N–H and O–H groups in total. The monoisotopic (exact) mass is 263 g/mol. The molecule has 104 valence electrons. The molecular formula is C15H21NO3. The second-order valence-corrected chi connectivity index (χ2v) is 4.52. The minimum atomic E-state index is -0.976. The molecule has 19 heavy (non-hydrogen) atoms. The second kappa shape index (κ2) is 7.56. The van der Waals surface area contributed by atoms with E-state index in [1.165, 1.54) is 0 Å². The highest BCUT2D eigenvalue weighted by Crippen LogP contribution is 2.10. The third-order valence-corrected chi connectivity index (χ3v) is 3.09. The van der Waals surface area contributed by atoms with E-state index >= 15 is 0 Å². The molecule has 0 saturated heterocycles. The molecule has 4 nitrogen and oxygen atoms in total. The Morgan fingerprint density at radius 3 is 2.53 bits per heavy atom. The molecule has 0 heterocycles. The van der Waals surface area contributed by atoms with E-state index in [9.17, 15) is 9.59 Å². The number of aliphatic carboxylic acids is 1. The molecule has 0 unspecified atom stereocenters. The van der Waals surface area contributed by atoms with E-state index in [-0.39, 0.29) is 5.91 Å². The van der Waals surface area contributed by atoms with Gasteiger partial charge in [0.1, 0.15) is 6.04 Å².